The highest BCUT2D eigenvalue weighted by Crippen LogP contribution is 2.30. The molecule has 0 spiro atoms. The molecule has 0 N–H and O–H groups in total. The first-order chi connectivity index (χ1) is 7.20. The molecule has 1 aliphatic rings. The molecule has 1 atom stereocenters. The number of ketones is 1. The first kappa shape index (κ1) is 11.5. The standard InChI is InChI=1S/C12H13IOS/c1-8-4-2-5-9(11(8)13)12(14)10-6-3-7-15-10/h2,4-5,10H,3,6-7H2,1H3. The van der Waals surface area contributed by atoms with Crippen molar-refractivity contribution in [3.05, 3.63) is 32.9 Å². The molecule has 0 bridgehead atoms. The summed E-state index contributed by atoms with van der Waals surface area (Å²) in [6, 6.07) is 5.99. The van der Waals surface area contributed by atoms with Gasteiger partial charge in [-0.3, -0.25) is 4.79 Å². The molecule has 1 unspecified atom stereocenters. The van der Waals surface area contributed by atoms with Gasteiger partial charge >= 0.3 is 0 Å². The van der Waals surface area contributed by atoms with Crippen LogP contribution in [0.15, 0.2) is 18.2 Å². The Morgan fingerprint density at radius 1 is 1.53 bits per heavy atom. The van der Waals surface area contributed by atoms with Crippen LogP contribution in [-0.4, -0.2) is 16.8 Å². The Morgan fingerprint density at radius 3 is 3.00 bits per heavy atom. The van der Waals surface area contributed by atoms with Gasteiger partial charge in [0.2, 0.25) is 0 Å². The van der Waals surface area contributed by atoms with Gasteiger partial charge in [0, 0.05) is 9.13 Å². The van der Waals surface area contributed by atoms with E-state index in [0.717, 1.165) is 21.3 Å². The van der Waals surface area contributed by atoms with Gasteiger partial charge in [-0.25, -0.2) is 0 Å². The first-order valence-corrected chi connectivity index (χ1v) is 7.24. The van der Waals surface area contributed by atoms with Crippen LogP contribution in [0.25, 0.3) is 0 Å². The SMILES string of the molecule is Cc1cccc(C(=O)C2CCCS2)c1I. The van der Waals surface area contributed by atoms with Gasteiger partial charge in [-0.2, -0.15) is 11.8 Å². The molecule has 15 heavy (non-hydrogen) atoms. The third kappa shape index (κ3) is 2.38. The van der Waals surface area contributed by atoms with E-state index in [9.17, 15) is 4.79 Å². The molecule has 1 aliphatic heterocycles. The monoisotopic (exact) mass is 332 g/mol. The van der Waals surface area contributed by atoms with Crippen molar-refractivity contribution in [2.24, 2.45) is 0 Å². The van der Waals surface area contributed by atoms with E-state index in [1.807, 2.05) is 12.1 Å². The molecule has 80 valence electrons. The molecular weight excluding hydrogens is 319 g/mol. The van der Waals surface area contributed by atoms with E-state index in [2.05, 4.69) is 35.6 Å². The molecule has 3 heteroatoms. The van der Waals surface area contributed by atoms with Crippen molar-refractivity contribution in [1.29, 1.82) is 0 Å². The van der Waals surface area contributed by atoms with Crippen LogP contribution in [0.2, 0.25) is 0 Å². The lowest BCUT2D eigenvalue weighted by molar-refractivity contribution is 0.0987. The van der Waals surface area contributed by atoms with Crippen molar-refractivity contribution in [2.75, 3.05) is 5.75 Å². The second kappa shape index (κ2) is 4.87. The van der Waals surface area contributed by atoms with Crippen LogP contribution in [0.5, 0.6) is 0 Å². The van der Waals surface area contributed by atoms with Crippen LogP contribution in [0, 0.1) is 10.5 Å². The van der Waals surface area contributed by atoms with E-state index in [1.54, 1.807) is 11.8 Å². The number of carbonyl (C=O) groups is 1. The summed E-state index contributed by atoms with van der Waals surface area (Å²) in [4.78, 5) is 12.2. The highest BCUT2D eigenvalue weighted by Gasteiger charge is 2.25. The van der Waals surface area contributed by atoms with Crippen LogP contribution < -0.4 is 0 Å². The third-order valence-corrected chi connectivity index (χ3v) is 5.49. The van der Waals surface area contributed by atoms with Gasteiger partial charge in [0.1, 0.15) is 0 Å². The van der Waals surface area contributed by atoms with E-state index in [1.165, 1.54) is 12.0 Å². The molecule has 0 aliphatic carbocycles. The van der Waals surface area contributed by atoms with E-state index in [0.29, 0.717) is 5.78 Å². The van der Waals surface area contributed by atoms with Gasteiger partial charge in [-0.05, 0) is 53.7 Å². The summed E-state index contributed by atoms with van der Waals surface area (Å²) in [5.41, 5.74) is 2.11. The Bertz CT molecular complexity index is 383. The van der Waals surface area contributed by atoms with Crippen molar-refractivity contribution in [3.8, 4) is 0 Å². The van der Waals surface area contributed by atoms with Crippen LogP contribution in [-0.2, 0) is 0 Å². The predicted octanol–water partition coefficient (Wildman–Crippen LogP) is 3.68. The molecule has 2 rings (SSSR count). The van der Waals surface area contributed by atoms with E-state index < -0.39 is 0 Å². The molecule has 1 heterocycles. The smallest absolute Gasteiger partial charge is 0.176 e. The van der Waals surface area contributed by atoms with Crippen molar-refractivity contribution >= 4 is 40.1 Å². The number of halogens is 1. The molecule has 0 saturated carbocycles. The van der Waals surface area contributed by atoms with Crippen molar-refractivity contribution in [3.63, 3.8) is 0 Å². The second-order valence-corrected chi connectivity index (χ2v) is 6.19. The average Bonchev–Trinajstić information content (AvgIpc) is 2.74. The largest absolute Gasteiger partial charge is 0.293 e. The lowest BCUT2D eigenvalue weighted by Crippen LogP contribution is -2.15. The molecule has 1 saturated heterocycles. The number of aryl methyl sites for hydroxylation is 1. The lowest BCUT2D eigenvalue weighted by atomic mass is 10.0. The molecule has 1 aromatic rings. The highest BCUT2D eigenvalue weighted by atomic mass is 127. The van der Waals surface area contributed by atoms with Gasteiger partial charge in [-0.15, -0.1) is 0 Å². The number of benzene rings is 1. The Labute approximate surface area is 108 Å². The molecule has 1 aromatic carbocycles. The minimum absolute atomic E-state index is 0.209. The maximum absolute atomic E-state index is 12.2. The summed E-state index contributed by atoms with van der Waals surface area (Å²) in [5, 5.41) is 0.209. The number of Topliss-reactive ketones (excluding diaryl/α,β-unsaturated/α-hetero) is 1. The summed E-state index contributed by atoms with van der Waals surface area (Å²) in [6.45, 7) is 2.06. The predicted molar refractivity (Wildman–Crippen MR) is 73.7 cm³/mol. The Morgan fingerprint density at radius 2 is 2.33 bits per heavy atom. The summed E-state index contributed by atoms with van der Waals surface area (Å²) >= 11 is 4.08. The summed E-state index contributed by atoms with van der Waals surface area (Å²) in [5.74, 6) is 1.46. The quantitative estimate of drug-likeness (QED) is 0.607. The molecule has 1 nitrogen and oxygen atoms in total. The Kier molecular flexibility index (Phi) is 3.72. The Hall–Kier alpha value is -0.0300. The zero-order valence-corrected chi connectivity index (χ0v) is 11.6. The van der Waals surface area contributed by atoms with Crippen LogP contribution in [0.3, 0.4) is 0 Å². The van der Waals surface area contributed by atoms with Gasteiger partial charge in [-0.1, -0.05) is 18.2 Å². The van der Waals surface area contributed by atoms with Crippen LogP contribution in [0.1, 0.15) is 28.8 Å². The van der Waals surface area contributed by atoms with E-state index in [4.69, 9.17) is 0 Å². The maximum atomic E-state index is 12.2. The number of hydrogen-bond donors (Lipinski definition) is 0. The number of rotatable bonds is 2. The minimum Gasteiger partial charge on any atom is -0.293 e. The fourth-order valence-corrected chi connectivity index (χ4v) is 3.65. The topological polar surface area (TPSA) is 17.1 Å². The van der Waals surface area contributed by atoms with Gasteiger partial charge in [0.05, 0.1) is 5.25 Å². The van der Waals surface area contributed by atoms with Crippen molar-refractivity contribution in [2.45, 2.75) is 25.0 Å². The number of thioether (sulfide) groups is 1. The van der Waals surface area contributed by atoms with Gasteiger partial charge < -0.3 is 0 Å². The minimum atomic E-state index is 0.209. The lowest BCUT2D eigenvalue weighted by Gasteiger charge is -2.10. The average molecular weight is 332 g/mol. The number of carbonyl (C=O) groups excluding carboxylic acids is 1. The summed E-state index contributed by atoms with van der Waals surface area (Å²) in [7, 11) is 0. The summed E-state index contributed by atoms with van der Waals surface area (Å²) in [6.07, 6.45) is 2.23. The van der Waals surface area contributed by atoms with Crippen molar-refractivity contribution in [1.82, 2.24) is 0 Å². The Balaban J connectivity index is 2.28. The fraction of sp³-hybridized carbons (Fsp3) is 0.417. The van der Waals surface area contributed by atoms with E-state index >= 15 is 0 Å². The normalized spacial score (nSPS) is 20.5. The maximum Gasteiger partial charge on any atom is 0.176 e. The van der Waals surface area contributed by atoms with E-state index in [-0.39, 0.29) is 5.25 Å². The molecular formula is C12H13IOS. The molecule has 0 radical (unpaired) electrons. The first-order valence-electron chi connectivity index (χ1n) is 5.11. The van der Waals surface area contributed by atoms with Gasteiger partial charge in [0.15, 0.2) is 5.78 Å². The van der Waals surface area contributed by atoms with Crippen molar-refractivity contribution < 1.29 is 4.79 Å². The molecule has 1 fully saturated rings. The second-order valence-electron chi connectivity index (χ2n) is 3.80. The van der Waals surface area contributed by atoms with Crippen LogP contribution in [0.4, 0.5) is 0 Å². The third-order valence-electron chi connectivity index (χ3n) is 2.68. The van der Waals surface area contributed by atoms with Crippen LogP contribution >= 0.6 is 34.4 Å². The molecule has 0 aromatic heterocycles. The zero-order valence-electron chi connectivity index (χ0n) is 8.63. The zero-order chi connectivity index (χ0) is 10.8. The fourth-order valence-electron chi connectivity index (χ4n) is 1.80. The summed E-state index contributed by atoms with van der Waals surface area (Å²) < 4.78 is 1.12. The number of hydrogen-bond acceptors (Lipinski definition) is 2. The highest BCUT2D eigenvalue weighted by molar-refractivity contribution is 14.1. The van der Waals surface area contributed by atoms with Gasteiger partial charge in [0.25, 0.3) is 0 Å². The molecule has 0 amide bonds.